The molecule has 0 saturated carbocycles. The van der Waals surface area contributed by atoms with Crippen LogP contribution in [0.25, 0.3) is 11.0 Å². The van der Waals surface area contributed by atoms with Crippen LogP contribution in [0.2, 0.25) is 0 Å². The number of benzene rings is 1. The number of methoxy groups -OCH3 is 1. The molecule has 0 saturated heterocycles. The lowest BCUT2D eigenvalue weighted by molar-refractivity contribution is 0.0522. The Hall–Kier alpha value is -1.52. The van der Waals surface area contributed by atoms with Crippen molar-refractivity contribution in [3.63, 3.8) is 0 Å². The molecule has 0 aliphatic heterocycles. The fourth-order valence-electron chi connectivity index (χ4n) is 1.75. The van der Waals surface area contributed by atoms with Gasteiger partial charge in [0.1, 0.15) is 17.1 Å². The molecule has 86 valence electrons. The molecule has 0 amide bonds. The Morgan fingerprint density at radius 1 is 1.38 bits per heavy atom. The monoisotopic (exact) mass is 221 g/mol. The molecule has 0 aliphatic carbocycles. The van der Waals surface area contributed by atoms with Crippen molar-refractivity contribution in [2.75, 3.05) is 13.9 Å². The zero-order valence-corrected chi connectivity index (χ0v) is 9.45. The molecule has 4 heteroatoms. The van der Waals surface area contributed by atoms with E-state index in [4.69, 9.17) is 19.6 Å². The molecule has 0 spiro atoms. The molecule has 1 aromatic heterocycles. The van der Waals surface area contributed by atoms with Crippen molar-refractivity contribution in [1.82, 2.24) is 0 Å². The normalized spacial score (nSPS) is 10.9. The summed E-state index contributed by atoms with van der Waals surface area (Å²) in [4.78, 5) is 0. The molecule has 0 bridgehead atoms. The lowest BCUT2D eigenvalue weighted by Crippen LogP contribution is -1.99. The summed E-state index contributed by atoms with van der Waals surface area (Å²) < 4.78 is 16.0. The van der Waals surface area contributed by atoms with Gasteiger partial charge in [0.25, 0.3) is 0 Å². The highest BCUT2D eigenvalue weighted by atomic mass is 16.7. The predicted octanol–water partition coefficient (Wildman–Crippen LogP) is 2.18. The van der Waals surface area contributed by atoms with Crippen molar-refractivity contribution in [1.29, 1.82) is 0 Å². The van der Waals surface area contributed by atoms with Gasteiger partial charge in [-0.2, -0.15) is 0 Å². The molecular weight excluding hydrogens is 206 g/mol. The molecule has 1 aromatic carbocycles. The maximum absolute atomic E-state index is 5.62. The number of aryl methyl sites for hydroxylation is 1. The van der Waals surface area contributed by atoms with Crippen LogP contribution in [0.3, 0.4) is 0 Å². The molecule has 2 aromatic rings. The van der Waals surface area contributed by atoms with Crippen molar-refractivity contribution in [3.8, 4) is 5.75 Å². The number of ether oxygens (including phenoxy) is 2. The average Bonchev–Trinajstić information content (AvgIpc) is 2.64. The van der Waals surface area contributed by atoms with Gasteiger partial charge in [-0.05, 0) is 19.1 Å². The van der Waals surface area contributed by atoms with Crippen LogP contribution < -0.4 is 10.5 Å². The van der Waals surface area contributed by atoms with Crippen LogP contribution in [-0.2, 0) is 11.3 Å². The Balaban J connectivity index is 2.52. The van der Waals surface area contributed by atoms with E-state index < -0.39 is 0 Å². The highest BCUT2D eigenvalue weighted by Crippen LogP contribution is 2.32. The minimum Gasteiger partial charge on any atom is -0.467 e. The highest BCUT2D eigenvalue weighted by Gasteiger charge is 2.13. The number of furan rings is 1. The summed E-state index contributed by atoms with van der Waals surface area (Å²) in [5, 5.41) is 0.972. The summed E-state index contributed by atoms with van der Waals surface area (Å²) in [5.74, 6) is 1.56. The molecule has 0 unspecified atom stereocenters. The molecule has 2 rings (SSSR count). The van der Waals surface area contributed by atoms with Crippen LogP contribution in [0.15, 0.2) is 22.6 Å². The summed E-state index contributed by atoms with van der Waals surface area (Å²) in [7, 11) is 1.59. The van der Waals surface area contributed by atoms with Gasteiger partial charge in [-0.3, -0.25) is 0 Å². The summed E-state index contributed by atoms with van der Waals surface area (Å²) in [6, 6.07) is 5.68. The third kappa shape index (κ3) is 1.77. The number of nitrogens with two attached hydrogens (primary N) is 1. The van der Waals surface area contributed by atoms with Gasteiger partial charge in [0.05, 0.1) is 11.9 Å². The Kier molecular flexibility index (Phi) is 3.12. The number of hydrogen-bond donors (Lipinski definition) is 1. The van der Waals surface area contributed by atoms with E-state index >= 15 is 0 Å². The van der Waals surface area contributed by atoms with Crippen LogP contribution in [0.1, 0.15) is 11.3 Å². The first-order chi connectivity index (χ1) is 7.77. The van der Waals surface area contributed by atoms with Crippen LogP contribution in [0.5, 0.6) is 5.75 Å². The molecule has 4 nitrogen and oxygen atoms in total. The van der Waals surface area contributed by atoms with E-state index in [1.54, 1.807) is 7.11 Å². The minimum absolute atomic E-state index is 0.224. The second-order valence-corrected chi connectivity index (χ2v) is 3.53. The number of rotatable bonds is 4. The summed E-state index contributed by atoms with van der Waals surface area (Å²) >= 11 is 0. The Labute approximate surface area is 93.9 Å². The standard InChI is InChI=1S/C12H15NO3/c1-8-11(6-13)16-10-5-3-4-9(12(8)10)15-7-14-2/h3-5H,6-7,13H2,1-2H3. The van der Waals surface area contributed by atoms with Gasteiger partial charge in [0.15, 0.2) is 6.79 Å². The minimum atomic E-state index is 0.224. The maximum Gasteiger partial charge on any atom is 0.188 e. The molecular formula is C12H15NO3. The van der Waals surface area contributed by atoms with E-state index in [0.717, 1.165) is 28.0 Å². The first kappa shape index (κ1) is 11.0. The first-order valence-electron chi connectivity index (χ1n) is 5.10. The van der Waals surface area contributed by atoms with Crippen LogP contribution in [-0.4, -0.2) is 13.9 Å². The summed E-state index contributed by atoms with van der Waals surface area (Å²) in [5.41, 5.74) is 7.43. The average molecular weight is 221 g/mol. The van der Waals surface area contributed by atoms with Gasteiger partial charge in [-0.25, -0.2) is 0 Å². The maximum atomic E-state index is 5.62. The smallest absolute Gasteiger partial charge is 0.188 e. The van der Waals surface area contributed by atoms with Crippen molar-refractivity contribution < 1.29 is 13.9 Å². The van der Waals surface area contributed by atoms with Gasteiger partial charge in [0.2, 0.25) is 0 Å². The van der Waals surface area contributed by atoms with E-state index in [-0.39, 0.29) is 6.79 Å². The van der Waals surface area contributed by atoms with Crippen LogP contribution in [0, 0.1) is 6.92 Å². The fraction of sp³-hybridized carbons (Fsp3) is 0.333. The predicted molar refractivity (Wildman–Crippen MR) is 61.3 cm³/mol. The molecule has 2 N–H and O–H groups in total. The van der Waals surface area contributed by atoms with Crippen molar-refractivity contribution >= 4 is 11.0 Å². The highest BCUT2D eigenvalue weighted by molar-refractivity contribution is 5.88. The summed E-state index contributed by atoms with van der Waals surface area (Å²) in [6.07, 6.45) is 0. The molecule has 0 fully saturated rings. The van der Waals surface area contributed by atoms with Crippen LogP contribution in [0.4, 0.5) is 0 Å². The third-order valence-electron chi connectivity index (χ3n) is 2.53. The zero-order valence-electron chi connectivity index (χ0n) is 9.45. The van der Waals surface area contributed by atoms with Gasteiger partial charge >= 0.3 is 0 Å². The molecule has 1 heterocycles. The number of fused-ring (bicyclic) bond motifs is 1. The third-order valence-corrected chi connectivity index (χ3v) is 2.53. The van der Waals surface area contributed by atoms with Gasteiger partial charge in [-0.1, -0.05) is 6.07 Å². The molecule has 0 aliphatic rings. The molecule has 0 radical (unpaired) electrons. The number of hydrogen-bond acceptors (Lipinski definition) is 4. The zero-order chi connectivity index (χ0) is 11.5. The van der Waals surface area contributed by atoms with E-state index in [1.807, 2.05) is 25.1 Å². The van der Waals surface area contributed by atoms with Crippen LogP contribution >= 0.6 is 0 Å². The molecule has 0 atom stereocenters. The Morgan fingerprint density at radius 2 is 2.19 bits per heavy atom. The van der Waals surface area contributed by atoms with Gasteiger partial charge in [0, 0.05) is 12.7 Å². The molecule has 16 heavy (non-hydrogen) atoms. The Morgan fingerprint density at radius 3 is 2.88 bits per heavy atom. The van der Waals surface area contributed by atoms with Gasteiger partial charge < -0.3 is 19.6 Å². The SMILES string of the molecule is COCOc1cccc2oc(CN)c(C)c12. The fourth-order valence-corrected chi connectivity index (χ4v) is 1.75. The quantitative estimate of drug-likeness (QED) is 0.804. The van der Waals surface area contributed by atoms with E-state index in [1.165, 1.54) is 0 Å². The van der Waals surface area contributed by atoms with Crippen molar-refractivity contribution in [2.24, 2.45) is 5.73 Å². The lowest BCUT2D eigenvalue weighted by Gasteiger charge is -2.05. The second kappa shape index (κ2) is 4.55. The first-order valence-corrected chi connectivity index (χ1v) is 5.10. The Bertz CT molecular complexity index is 490. The largest absolute Gasteiger partial charge is 0.467 e. The second-order valence-electron chi connectivity index (χ2n) is 3.53. The van der Waals surface area contributed by atoms with E-state index in [2.05, 4.69) is 0 Å². The van der Waals surface area contributed by atoms with E-state index in [9.17, 15) is 0 Å². The lowest BCUT2D eigenvalue weighted by atomic mass is 10.1. The topological polar surface area (TPSA) is 57.6 Å². The van der Waals surface area contributed by atoms with Crippen molar-refractivity contribution in [2.45, 2.75) is 13.5 Å². The van der Waals surface area contributed by atoms with Crippen molar-refractivity contribution in [3.05, 3.63) is 29.5 Å². The van der Waals surface area contributed by atoms with E-state index in [0.29, 0.717) is 6.54 Å². The summed E-state index contributed by atoms with van der Waals surface area (Å²) in [6.45, 7) is 2.60. The van der Waals surface area contributed by atoms with Gasteiger partial charge in [-0.15, -0.1) is 0 Å².